The molecule has 2 N–H and O–H groups in total. The number of amides is 1. The monoisotopic (exact) mass is 447 g/mol. The Labute approximate surface area is 181 Å². The highest BCUT2D eigenvalue weighted by molar-refractivity contribution is 5.94. The van der Waals surface area contributed by atoms with Crippen molar-refractivity contribution >= 4 is 5.91 Å². The maximum atomic E-state index is 13.1. The summed E-state index contributed by atoms with van der Waals surface area (Å²) in [6.07, 6.45) is 0.536. The molecule has 0 saturated heterocycles. The van der Waals surface area contributed by atoms with Crippen LogP contribution in [0.1, 0.15) is 41.7 Å². The molecular weight excluding hydrogens is 426 g/mol. The predicted molar refractivity (Wildman–Crippen MR) is 110 cm³/mol. The number of rotatable bonds is 5. The van der Waals surface area contributed by atoms with Crippen LogP contribution in [0.4, 0.5) is 17.6 Å². The van der Waals surface area contributed by atoms with Crippen molar-refractivity contribution in [3.05, 3.63) is 71.9 Å². The molecule has 1 saturated carbocycles. The highest BCUT2D eigenvalue weighted by Crippen LogP contribution is 2.30. The van der Waals surface area contributed by atoms with Gasteiger partial charge in [-0.15, -0.1) is 0 Å². The van der Waals surface area contributed by atoms with Crippen molar-refractivity contribution in [3.8, 4) is 17.0 Å². The number of benzene rings is 1. The minimum Gasteiger partial charge on any atom is -0.474 e. The average Bonchev–Trinajstić information content (AvgIpc) is 3.26. The van der Waals surface area contributed by atoms with Gasteiger partial charge < -0.3 is 15.0 Å². The number of alkyl halides is 3. The summed E-state index contributed by atoms with van der Waals surface area (Å²) in [5.74, 6) is -0.395. The molecular formula is C23H21F4N3O2. The lowest BCUT2D eigenvalue weighted by molar-refractivity contribution is -0.137. The number of hydrogen-bond acceptors (Lipinski definition) is 3. The Morgan fingerprint density at radius 3 is 2.38 bits per heavy atom. The summed E-state index contributed by atoms with van der Waals surface area (Å²) >= 11 is 0. The smallest absolute Gasteiger partial charge is 0.417 e. The molecule has 0 radical (unpaired) electrons. The van der Waals surface area contributed by atoms with Crippen LogP contribution in [0.3, 0.4) is 0 Å². The van der Waals surface area contributed by atoms with Gasteiger partial charge in [0.15, 0.2) is 0 Å². The van der Waals surface area contributed by atoms with Crippen molar-refractivity contribution in [2.75, 3.05) is 0 Å². The topological polar surface area (TPSA) is 67.0 Å². The van der Waals surface area contributed by atoms with Gasteiger partial charge in [-0.2, -0.15) is 13.2 Å². The third-order valence-corrected chi connectivity index (χ3v) is 5.47. The van der Waals surface area contributed by atoms with Gasteiger partial charge in [0.25, 0.3) is 5.91 Å². The Morgan fingerprint density at radius 2 is 1.75 bits per heavy atom. The number of aromatic amines is 1. The molecule has 1 aromatic carbocycles. The number of ether oxygens (including phenoxy) is 1. The molecule has 1 aliphatic carbocycles. The second kappa shape index (κ2) is 9.02. The zero-order chi connectivity index (χ0) is 22.7. The molecule has 2 heterocycles. The number of halogens is 4. The Hall–Kier alpha value is -3.36. The maximum absolute atomic E-state index is 13.1. The molecule has 5 nitrogen and oxygen atoms in total. The van der Waals surface area contributed by atoms with Crippen molar-refractivity contribution in [3.63, 3.8) is 0 Å². The van der Waals surface area contributed by atoms with Crippen LogP contribution in [0.25, 0.3) is 11.1 Å². The van der Waals surface area contributed by atoms with Gasteiger partial charge in [0.2, 0.25) is 5.88 Å². The average molecular weight is 447 g/mol. The fourth-order valence-electron chi connectivity index (χ4n) is 3.71. The summed E-state index contributed by atoms with van der Waals surface area (Å²) in [7, 11) is 0. The van der Waals surface area contributed by atoms with Gasteiger partial charge in [0, 0.05) is 24.5 Å². The van der Waals surface area contributed by atoms with Gasteiger partial charge in [-0.1, -0.05) is 12.1 Å². The molecule has 0 unspecified atom stereocenters. The second-order valence-electron chi connectivity index (χ2n) is 7.76. The van der Waals surface area contributed by atoms with Gasteiger partial charge in [-0.05, 0) is 61.1 Å². The lowest BCUT2D eigenvalue weighted by Crippen LogP contribution is -2.39. The lowest BCUT2D eigenvalue weighted by atomic mass is 9.93. The van der Waals surface area contributed by atoms with E-state index in [9.17, 15) is 22.4 Å². The summed E-state index contributed by atoms with van der Waals surface area (Å²) in [5.41, 5.74) is 1.19. The van der Waals surface area contributed by atoms with Crippen LogP contribution in [-0.4, -0.2) is 28.0 Å². The third kappa shape index (κ3) is 5.27. The van der Waals surface area contributed by atoms with Crippen LogP contribution in [0, 0.1) is 5.82 Å². The molecule has 9 heteroatoms. The summed E-state index contributed by atoms with van der Waals surface area (Å²) in [5, 5.41) is 2.99. The zero-order valence-corrected chi connectivity index (χ0v) is 17.0. The highest BCUT2D eigenvalue weighted by atomic mass is 19.4. The van der Waals surface area contributed by atoms with E-state index in [1.165, 1.54) is 18.2 Å². The molecule has 0 atom stereocenters. The molecule has 0 spiro atoms. The van der Waals surface area contributed by atoms with Crippen molar-refractivity contribution in [1.29, 1.82) is 0 Å². The second-order valence-corrected chi connectivity index (χ2v) is 7.76. The third-order valence-electron chi connectivity index (χ3n) is 5.47. The van der Waals surface area contributed by atoms with E-state index in [1.807, 2.05) is 0 Å². The number of aromatic nitrogens is 2. The van der Waals surface area contributed by atoms with E-state index in [1.54, 1.807) is 24.4 Å². The van der Waals surface area contributed by atoms with E-state index >= 15 is 0 Å². The standard InChI is InChI=1S/C23H21F4N3O2/c24-17-4-1-14(2-5-17)15-11-20(28-12-15)22(31)30-18-6-8-19(9-7-18)32-21-10-3-16(13-29-21)23(25,26)27/h1-5,10-13,18-19,28H,6-9H2,(H,30,31). The highest BCUT2D eigenvalue weighted by Gasteiger charge is 2.31. The molecule has 1 amide bonds. The van der Waals surface area contributed by atoms with Gasteiger partial charge in [0.1, 0.15) is 17.6 Å². The minimum absolute atomic E-state index is 0.0273. The molecule has 3 aromatic rings. The Balaban J connectivity index is 1.27. The SMILES string of the molecule is O=C(NC1CCC(Oc2ccc(C(F)(F)F)cn2)CC1)c1cc(-c2ccc(F)cc2)c[nH]1. The lowest BCUT2D eigenvalue weighted by Gasteiger charge is -2.29. The maximum Gasteiger partial charge on any atom is 0.417 e. The largest absolute Gasteiger partial charge is 0.474 e. The fraction of sp³-hybridized carbons (Fsp3) is 0.304. The first-order valence-electron chi connectivity index (χ1n) is 10.2. The van der Waals surface area contributed by atoms with Crippen molar-refractivity contribution < 1.29 is 27.1 Å². The molecule has 32 heavy (non-hydrogen) atoms. The van der Waals surface area contributed by atoms with E-state index in [-0.39, 0.29) is 29.8 Å². The van der Waals surface area contributed by atoms with Crippen molar-refractivity contribution in [2.45, 2.75) is 44.0 Å². The Bertz CT molecular complexity index is 1050. The summed E-state index contributed by atoms with van der Waals surface area (Å²) < 4.78 is 56.6. The molecule has 4 rings (SSSR count). The van der Waals surface area contributed by atoms with E-state index < -0.39 is 11.7 Å². The number of carbonyl (C=O) groups excluding carboxylic acids is 1. The molecule has 0 aliphatic heterocycles. The normalized spacial score (nSPS) is 18.9. The summed E-state index contributed by atoms with van der Waals surface area (Å²) in [6.45, 7) is 0. The number of hydrogen-bond donors (Lipinski definition) is 2. The van der Waals surface area contributed by atoms with Crippen LogP contribution in [-0.2, 0) is 6.18 Å². The quantitative estimate of drug-likeness (QED) is 0.518. The van der Waals surface area contributed by atoms with E-state index in [0.717, 1.165) is 23.4 Å². The summed E-state index contributed by atoms with van der Waals surface area (Å²) in [6, 6.07) is 9.88. The van der Waals surface area contributed by atoms with Crippen LogP contribution in [0.15, 0.2) is 54.9 Å². The van der Waals surface area contributed by atoms with Gasteiger partial charge in [0.05, 0.1) is 5.56 Å². The van der Waals surface area contributed by atoms with Crippen molar-refractivity contribution in [2.24, 2.45) is 0 Å². The van der Waals surface area contributed by atoms with Gasteiger partial charge in [-0.3, -0.25) is 4.79 Å². The molecule has 1 aliphatic rings. The first-order valence-corrected chi connectivity index (χ1v) is 10.2. The molecule has 168 valence electrons. The molecule has 2 aromatic heterocycles. The summed E-state index contributed by atoms with van der Waals surface area (Å²) in [4.78, 5) is 19.2. The van der Waals surface area contributed by atoms with E-state index in [4.69, 9.17) is 4.74 Å². The first-order chi connectivity index (χ1) is 15.3. The van der Waals surface area contributed by atoms with Crippen LogP contribution < -0.4 is 10.1 Å². The predicted octanol–water partition coefficient (Wildman–Crippen LogP) is 5.35. The van der Waals surface area contributed by atoms with Gasteiger partial charge >= 0.3 is 6.18 Å². The van der Waals surface area contributed by atoms with Gasteiger partial charge in [-0.25, -0.2) is 9.37 Å². The number of carbonyl (C=O) groups is 1. The van der Waals surface area contributed by atoms with E-state index in [0.29, 0.717) is 31.4 Å². The van der Waals surface area contributed by atoms with Crippen LogP contribution >= 0.6 is 0 Å². The first kappa shape index (κ1) is 21.9. The fourth-order valence-corrected chi connectivity index (χ4v) is 3.71. The number of H-pyrrole nitrogens is 1. The zero-order valence-electron chi connectivity index (χ0n) is 17.0. The van der Waals surface area contributed by atoms with Crippen LogP contribution in [0.5, 0.6) is 5.88 Å². The number of nitrogens with one attached hydrogen (secondary N) is 2. The molecule has 1 fully saturated rings. The van der Waals surface area contributed by atoms with Crippen molar-refractivity contribution in [1.82, 2.24) is 15.3 Å². The Kier molecular flexibility index (Phi) is 6.16. The molecule has 0 bridgehead atoms. The number of pyridine rings is 1. The Morgan fingerprint density at radius 1 is 1.03 bits per heavy atom. The van der Waals surface area contributed by atoms with Crippen LogP contribution in [0.2, 0.25) is 0 Å². The van der Waals surface area contributed by atoms with E-state index in [2.05, 4.69) is 15.3 Å². The number of nitrogens with zero attached hydrogens (tertiary/aromatic N) is 1. The minimum atomic E-state index is -4.43.